The summed E-state index contributed by atoms with van der Waals surface area (Å²) in [5, 5.41) is 12.5. The fourth-order valence-electron chi connectivity index (χ4n) is 1.55. The van der Waals surface area contributed by atoms with Gasteiger partial charge in [0.05, 0.1) is 5.56 Å². The van der Waals surface area contributed by atoms with E-state index in [2.05, 4.69) is 15.1 Å². The molecule has 0 aliphatic carbocycles. The summed E-state index contributed by atoms with van der Waals surface area (Å²) in [5.74, 6) is 0.396. The molecule has 0 spiro atoms. The van der Waals surface area contributed by atoms with Crippen LogP contribution in [0.25, 0.3) is 11.5 Å². The lowest BCUT2D eigenvalue weighted by Crippen LogP contribution is -2.26. The van der Waals surface area contributed by atoms with Crippen molar-refractivity contribution in [2.45, 2.75) is 6.92 Å². The molecule has 94 valence electrons. The maximum Gasteiger partial charge on any atom is 0.323 e. The van der Waals surface area contributed by atoms with E-state index in [0.717, 1.165) is 0 Å². The third-order valence-corrected chi connectivity index (χ3v) is 2.28. The summed E-state index contributed by atoms with van der Waals surface area (Å²) in [7, 11) is 1.64. The first-order valence-electron chi connectivity index (χ1n) is 5.26. The van der Waals surface area contributed by atoms with Gasteiger partial charge in [-0.05, 0) is 19.1 Å². The zero-order valence-corrected chi connectivity index (χ0v) is 9.99. The van der Waals surface area contributed by atoms with Crippen molar-refractivity contribution in [2.75, 3.05) is 18.5 Å². The highest BCUT2D eigenvalue weighted by atomic mass is 16.5. The Kier molecular flexibility index (Phi) is 3.22. The SMILES string of the molecule is Cc1noc(-c2cccnc2N(C)CC(=O)O)n1. The van der Waals surface area contributed by atoms with Crippen LogP contribution in [0.5, 0.6) is 0 Å². The maximum absolute atomic E-state index is 10.7. The van der Waals surface area contributed by atoms with E-state index >= 15 is 0 Å². The van der Waals surface area contributed by atoms with E-state index in [-0.39, 0.29) is 6.54 Å². The molecule has 18 heavy (non-hydrogen) atoms. The van der Waals surface area contributed by atoms with Crippen molar-refractivity contribution in [2.24, 2.45) is 0 Å². The summed E-state index contributed by atoms with van der Waals surface area (Å²) in [6, 6.07) is 3.49. The van der Waals surface area contributed by atoms with Crippen molar-refractivity contribution < 1.29 is 14.4 Å². The van der Waals surface area contributed by atoms with Gasteiger partial charge in [0.25, 0.3) is 5.89 Å². The van der Waals surface area contributed by atoms with Crippen molar-refractivity contribution in [1.29, 1.82) is 0 Å². The zero-order valence-electron chi connectivity index (χ0n) is 9.99. The Morgan fingerprint density at radius 1 is 1.56 bits per heavy atom. The van der Waals surface area contributed by atoms with Gasteiger partial charge >= 0.3 is 5.97 Å². The van der Waals surface area contributed by atoms with E-state index in [4.69, 9.17) is 9.63 Å². The van der Waals surface area contributed by atoms with Crippen LogP contribution in [0.1, 0.15) is 5.82 Å². The van der Waals surface area contributed by atoms with Crippen molar-refractivity contribution >= 4 is 11.8 Å². The molecule has 0 fully saturated rings. The smallest absolute Gasteiger partial charge is 0.323 e. The number of carboxylic acids is 1. The number of carbonyl (C=O) groups is 1. The molecule has 2 heterocycles. The molecule has 0 aliphatic heterocycles. The number of aryl methyl sites for hydroxylation is 1. The van der Waals surface area contributed by atoms with Crippen LogP contribution in [-0.4, -0.2) is 39.8 Å². The Hall–Kier alpha value is -2.44. The first-order chi connectivity index (χ1) is 8.58. The number of rotatable bonds is 4. The minimum Gasteiger partial charge on any atom is -0.480 e. The number of carboxylic acid groups (broad SMARTS) is 1. The number of nitrogens with zero attached hydrogens (tertiary/aromatic N) is 4. The molecular formula is C11H12N4O3. The van der Waals surface area contributed by atoms with Gasteiger partial charge in [-0.3, -0.25) is 4.79 Å². The number of pyridine rings is 1. The topological polar surface area (TPSA) is 92.4 Å². The third kappa shape index (κ3) is 2.45. The fraction of sp³-hybridized carbons (Fsp3) is 0.273. The Morgan fingerprint density at radius 3 is 2.94 bits per heavy atom. The van der Waals surface area contributed by atoms with Crippen LogP contribution in [0.15, 0.2) is 22.9 Å². The van der Waals surface area contributed by atoms with Crippen LogP contribution in [0.3, 0.4) is 0 Å². The molecule has 0 aromatic carbocycles. The zero-order chi connectivity index (χ0) is 13.1. The average molecular weight is 248 g/mol. The maximum atomic E-state index is 10.7. The summed E-state index contributed by atoms with van der Waals surface area (Å²) in [5.41, 5.74) is 0.613. The Labute approximate surface area is 103 Å². The monoisotopic (exact) mass is 248 g/mol. The van der Waals surface area contributed by atoms with Gasteiger partial charge in [-0.15, -0.1) is 0 Å². The van der Waals surface area contributed by atoms with Crippen LogP contribution < -0.4 is 4.90 Å². The van der Waals surface area contributed by atoms with E-state index in [1.54, 1.807) is 32.3 Å². The van der Waals surface area contributed by atoms with E-state index in [1.165, 1.54) is 4.90 Å². The number of hydrogen-bond donors (Lipinski definition) is 1. The molecular weight excluding hydrogens is 236 g/mol. The van der Waals surface area contributed by atoms with Crippen LogP contribution in [-0.2, 0) is 4.79 Å². The second-order valence-corrected chi connectivity index (χ2v) is 3.77. The molecule has 0 saturated heterocycles. The van der Waals surface area contributed by atoms with E-state index in [0.29, 0.717) is 23.1 Å². The summed E-state index contributed by atoms with van der Waals surface area (Å²) >= 11 is 0. The number of aliphatic carboxylic acids is 1. The Morgan fingerprint density at radius 2 is 2.33 bits per heavy atom. The molecule has 0 atom stereocenters. The molecule has 0 saturated carbocycles. The van der Waals surface area contributed by atoms with Gasteiger partial charge in [0.2, 0.25) is 0 Å². The summed E-state index contributed by atoms with van der Waals surface area (Å²) < 4.78 is 5.07. The first-order valence-corrected chi connectivity index (χ1v) is 5.26. The van der Waals surface area contributed by atoms with E-state index < -0.39 is 5.97 Å². The lowest BCUT2D eigenvalue weighted by molar-refractivity contribution is -0.135. The molecule has 0 bridgehead atoms. The molecule has 0 radical (unpaired) electrons. The minimum atomic E-state index is -0.934. The average Bonchev–Trinajstić information content (AvgIpc) is 2.75. The van der Waals surface area contributed by atoms with Crippen LogP contribution in [0.2, 0.25) is 0 Å². The molecule has 0 amide bonds. The van der Waals surface area contributed by atoms with Gasteiger partial charge in [0.15, 0.2) is 5.82 Å². The van der Waals surface area contributed by atoms with E-state index in [9.17, 15) is 4.79 Å². The molecule has 2 aromatic heterocycles. The standard InChI is InChI=1S/C11H12N4O3/c1-7-13-11(18-14-7)8-4-3-5-12-10(8)15(2)6-9(16)17/h3-5H,6H2,1-2H3,(H,16,17). The molecule has 0 unspecified atom stereocenters. The van der Waals surface area contributed by atoms with Crippen LogP contribution in [0, 0.1) is 6.92 Å². The van der Waals surface area contributed by atoms with Gasteiger partial charge in [-0.25, -0.2) is 4.98 Å². The highest BCUT2D eigenvalue weighted by Gasteiger charge is 2.16. The molecule has 2 aromatic rings. The molecule has 7 heteroatoms. The second kappa shape index (κ2) is 4.82. The second-order valence-electron chi connectivity index (χ2n) is 3.77. The first kappa shape index (κ1) is 12.0. The molecule has 7 nitrogen and oxygen atoms in total. The lowest BCUT2D eigenvalue weighted by Gasteiger charge is -2.17. The Bertz CT molecular complexity index is 567. The fourth-order valence-corrected chi connectivity index (χ4v) is 1.55. The van der Waals surface area contributed by atoms with Gasteiger partial charge < -0.3 is 14.5 Å². The van der Waals surface area contributed by atoms with Crippen molar-refractivity contribution in [1.82, 2.24) is 15.1 Å². The van der Waals surface area contributed by atoms with Crippen molar-refractivity contribution in [3.05, 3.63) is 24.2 Å². The lowest BCUT2D eigenvalue weighted by atomic mass is 10.2. The largest absolute Gasteiger partial charge is 0.480 e. The van der Waals surface area contributed by atoms with E-state index in [1.807, 2.05) is 0 Å². The van der Waals surface area contributed by atoms with Crippen LogP contribution in [0.4, 0.5) is 5.82 Å². The number of anilines is 1. The normalized spacial score (nSPS) is 10.3. The third-order valence-electron chi connectivity index (χ3n) is 2.28. The molecule has 1 N–H and O–H groups in total. The van der Waals surface area contributed by atoms with Crippen molar-refractivity contribution in [3.8, 4) is 11.5 Å². The highest BCUT2D eigenvalue weighted by molar-refractivity contribution is 5.77. The number of hydrogen-bond acceptors (Lipinski definition) is 6. The van der Waals surface area contributed by atoms with Gasteiger partial charge in [0, 0.05) is 13.2 Å². The Balaban J connectivity index is 2.39. The number of aromatic nitrogens is 3. The van der Waals surface area contributed by atoms with Crippen LogP contribution >= 0.6 is 0 Å². The van der Waals surface area contributed by atoms with Gasteiger partial charge in [0.1, 0.15) is 12.4 Å². The van der Waals surface area contributed by atoms with Gasteiger partial charge in [-0.2, -0.15) is 4.98 Å². The highest BCUT2D eigenvalue weighted by Crippen LogP contribution is 2.26. The molecule has 2 rings (SSSR count). The predicted molar refractivity (Wildman–Crippen MR) is 63.2 cm³/mol. The number of likely N-dealkylation sites (N-methyl/N-ethyl adjacent to an activating group) is 1. The minimum absolute atomic E-state index is 0.156. The van der Waals surface area contributed by atoms with Crippen molar-refractivity contribution in [3.63, 3.8) is 0 Å². The van der Waals surface area contributed by atoms with Gasteiger partial charge in [-0.1, -0.05) is 5.16 Å². The molecule has 0 aliphatic rings. The summed E-state index contributed by atoms with van der Waals surface area (Å²) in [6.07, 6.45) is 1.58. The predicted octanol–water partition coefficient (Wildman–Crippen LogP) is 0.961. The quantitative estimate of drug-likeness (QED) is 0.861. The summed E-state index contributed by atoms with van der Waals surface area (Å²) in [4.78, 5) is 20.5. The summed E-state index contributed by atoms with van der Waals surface area (Å²) in [6.45, 7) is 1.56.